The number of furan rings is 1. The van der Waals surface area contributed by atoms with Crippen LogP contribution >= 0.6 is 0 Å². The lowest BCUT2D eigenvalue weighted by Crippen LogP contribution is -2.41. The average molecular weight is 441 g/mol. The normalized spacial score (nSPS) is 10.8. The third kappa shape index (κ3) is 4.93. The molecule has 0 aliphatic carbocycles. The van der Waals surface area contributed by atoms with Gasteiger partial charge in [-0.1, -0.05) is 38.5 Å². The van der Waals surface area contributed by atoms with Gasteiger partial charge in [-0.05, 0) is 31.0 Å². The molecule has 0 saturated heterocycles. The van der Waals surface area contributed by atoms with Crippen molar-refractivity contribution >= 4 is 17.4 Å². The molecule has 2 heterocycles. The zero-order chi connectivity index (χ0) is 23.1. The van der Waals surface area contributed by atoms with E-state index in [4.69, 9.17) is 14.9 Å². The Kier molecular flexibility index (Phi) is 7.54. The molecule has 170 valence electrons. The first-order chi connectivity index (χ1) is 15.5. The van der Waals surface area contributed by atoms with Crippen molar-refractivity contribution in [3.8, 4) is 5.75 Å². The van der Waals surface area contributed by atoms with Crippen molar-refractivity contribution in [3.05, 3.63) is 74.8 Å². The number of nitrogens with zero attached hydrogens (tertiary/aromatic N) is 2. The van der Waals surface area contributed by atoms with Gasteiger partial charge in [0.05, 0.1) is 6.26 Å². The number of para-hydroxylation sites is 1. The molecule has 3 aromatic rings. The minimum absolute atomic E-state index is 0.0392. The number of benzene rings is 1. The number of amides is 1. The van der Waals surface area contributed by atoms with Crippen LogP contribution in [0.15, 0.2) is 56.7 Å². The Morgan fingerprint density at radius 1 is 1.16 bits per heavy atom. The van der Waals surface area contributed by atoms with Crippen LogP contribution in [0.1, 0.15) is 49.2 Å². The second-order valence-electron chi connectivity index (χ2n) is 7.33. The van der Waals surface area contributed by atoms with Crippen LogP contribution in [-0.2, 0) is 13.2 Å². The van der Waals surface area contributed by atoms with Crippen LogP contribution in [-0.4, -0.2) is 22.0 Å². The molecule has 9 nitrogen and oxygen atoms in total. The number of anilines is 2. The maximum absolute atomic E-state index is 13.4. The topological polar surface area (TPSA) is 124 Å². The highest BCUT2D eigenvalue weighted by atomic mass is 16.5. The van der Waals surface area contributed by atoms with Gasteiger partial charge in [-0.2, -0.15) is 0 Å². The van der Waals surface area contributed by atoms with Gasteiger partial charge in [0.2, 0.25) is 0 Å². The summed E-state index contributed by atoms with van der Waals surface area (Å²) in [5.41, 5.74) is 5.39. The summed E-state index contributed by atoms with van der Waals surface area (Å²) in [4.78, 5) is 41.9. The van der Waals surface area contributed by atoms with Crippen LogP contribution in [0.25, 0.3) is 0 Å². The molecular formula is C23H28N4O5. The number of aromatic nitrogens is 2. The van der Waals surface area contributed by atoms with Crippen molar-refractivity contribution in [1.29, 1.82) is 0 Å². The molecule has 0 bridgehead atoms. The first-order valence-electron chi connectivity index (χ1n) is 10.7. The summed E-state index contributed by atoms with van der Waals surface area (Å²) in [6, 6.07) is 10.8. The monoisotopic (exact) mass is 440 g/mol. The van der Waals surface area contributed by atoms with Crippen molar-refractivity contribution in [2.45, 2.75) is 46.3 Å². The quantitative estimate of drug-likeness (QED) is 0.499. The third-order valence-corrected chi connectivity index (χ3v) is 4.99. The van der Waals surface area contributed by atoms with Crippen molar-refractivity contribution in [2.24, 2.45) is 0 Å². The van der Waals surface area contributed by atoms with E-state index in [1.807, 2.05) is 44.2 Å². The number of rotatable bonds is 10. The van der Waals surface area contributed by atoms with Crippen molar-refractivity contribution in [3.63, 3.8) is 0 Å². The van der Waals surface area contributed by atoms with E-state index in [1.165, 1.54) is 15.7 Å². The number of hydrogen-bond donors (Lipinski definition) is 2. The summed E-state index contributed by atoms with van der Waals surface area (Å²) in [6.45, 7) is 4.53. The minimum Gasteiger partial charge on any atom is -0.489 e. The molecule has 0 radical (unpaired) electrons. The van der Waals surface area contributed by atoms with E-state index in [-0.39, 0.29) is 30.4 Å². The summed E-state index contributed by atoms with van der Waals surface area (Å²) in [5, 5.41) is 0. The second kappa shape index (κ2) is 10.5. The molecule has 1 aromatic carbocycles. The number of nitrogen functional groups attached to an aromatic ring is 1. The fourth-order valence-electron chi connectivity index (χ4n) is 3.35. The van der Waals surface area contributed by atoms with Gasteiger partial charge in [-0.3, -0.25) is 24.0 Å². The molecule has 2 aromatic heterocycles. The van der Waals surface area contributed by atoms with Crippen molar-refractivity contribution < 1.29 is 13.9 Å². The van der Waals surface area contributed by atoms with Crippen LogP contribution in [0, 0.1) is 0 Å². The molecular weight excluding hydrogens is 412 g/mol. The number of H-pyrrole nitrogens is 1. The Morgan fingerprint density at radius 2 is 1.91 bits per heavy atom. The fourth-order valence-corrected chi connectivity index (χ4v) is 3.35. The van der Waals surface area contributed by atoms with E-state index in [2.05, 4.69) is 4.98 Å². The number of carbonyl (C=O) groups excluding carboxylic acids is 1. The molecule has 9 heteroatoms. The molecule has 0 fully saturated rings. The maximum Gasteiger partial charge on any atom is 0.330 e. The van der Waals surface area contributed by atoms with Gasteiger partial charge in [0, 0.05) is 18.7 Å². The van der Waals surface area contributed by atoms with Crippen LogP contribution < -0.4 is 26.6 Å². The molecule has 0 aliphatic heterocycles. The number of aromatic amines is 1. The molecule has 0 spiro atoms. The number of ether oxygens (including phenoxy) is 1. The number of carbonyl (C=O) groups is 1. The SMILES string of the molecule is CCCCn1c(N)c(N(CCC)C(=O)c2occc2COc2ccccc2)c(=O)[nH]c1=O. The summed E-state index contributed by atoms with van der Waals surface area (Å²) < 4.78 is 12.5. The molecule has 32 heavy (non-hydrogen) atoms. The van der Waals surface area contributed by atoms with Crippen LogP contribution in [0.5, 0.6) is 5.75 Å². The van der Waals surface area contributed by atoms with Gasteiger partial charge in [-0.25, -0.2) is 4.79 Å². The average Bonchev–Trinajstić information content (AvgIpc) is 3.25. The molecule has 3 rings (SSSR count). The summed E-state index contributed by atoms with van der Waals surface area (Å²) in [5.74, 6) is 0.143. The molecule has 0 aliphatic rings. The second-order valence-corrected chi connectivity index (χ2v) is 7.33. The van der Waals surface area contributed by atoms with Gasteiger partial charge >= 0.3 is 5.69 Å². The molecule has 0 saturated carbocycles. The van der Waals surface area contributed by atoms with E-state index in [9.17, 15) is 14.4 Å². The third-order valence-electron chi connectivity index (χ3n) is 4.99. The molecule has 0 unspecified atom stereocenters. The summed E-state index contributed by atoms with van der Waals surface area (Å²) >= 11 is 0. The van der Waals surface area contributed by atoms with E-state index in [0.29, 0.717) is 30.7 Å². The number of unbranched alkanes of at least 4 members (excludes halogenated alkanes) is 1. The predicted molar refractivity (Wildman–Crippen MR) is 122 cm³/mol. The number of nitrogens with two attached hydrogens (primary N) is 1. The van der Waals surface area contributed by atoms with Gasteiger partial charge in [0.1, 0.15) is 18.2 Å². The van der Waals surface area contributed by atoms with Crippen LogP contribution in [0.4, 0.5) is 11.5 Å². The summed E-state index contributed by atoms with van der Waals surface area (Å²) in [6.07, 6.45) is 3.51. The zero-order valence-electron chi connectivity index (χ0n) is 18.3. The van der Waals surface area contributed by atoms with E-state index < -0.39 is 17.2 Å². The van der Waals surface area contributed by atoms with Crippen molar-refractivity contribution in [2.75, 3.05) is 17.2 Å². The van der Waals surface area contributed by atoms with E-state index >= 15 is 0 Å². The van der Waals surface area contributed by atoms with Crippen LogP contribution in [0.3, 0.4) is 0 Å². The highest BCUT2D eigenvalue weighted by molar-refractivity contribution is 6.06. The Labute approximate surface area is 185 Å². The van der Waals surface area contributed by atoms with Gasteiger partial charge in [-0.15, -0.1) is 0 Å². The predicted octanol–water partition coefficient (Wildman–Crippen LogP) is 3.15. The van der Waals surface area contributed by atoms with Gasteiger partial charge in [0.25, 0.3) is 11.5 Å². The minimum atomic E-state index is -0.712. The number of hydrogen-bond acceptors (Lipinski definition) is 6. The first kappa shape index (κ1) is 22.9. The Hall–Kier alpha value is -3.75. The van der Waals surface area contributed by atoms with E-state index in [0.717, 1.165) is 6.42 Å². The smallest absolute Gasteiger partial charge is 0.330 e. The van der Waals surface area contributed by atoms with Crippen LogP contribution in [0.2, 0.25) is 0 Å². The molecule has 1 amide bonds. The lowest BCUT2D eigenvalue weighted by Gasteiger charge is -2.23. The van der Waals surface area contributed by atoms with E-state index in [1.54, 1.807) is 6.07 Å². The molecule has 0 atom stereocenters. The highest BCUT2D eigenvalue weighted by Gasteiger charge is 2.28. The summed E-state index contributed by atoms with van der Waals surface area (Å²) in [7, 11) is 0. The Bertz CT molecular complexity index is 1160. The van der Waals surface area contributed by atoms with Gasteiger partial charge < -0.3 is 14.9 Å². The fraction of sp³-hybridized carbons (Fsp3) is 0.348. The van der Waals surface area contributed by atoms with Gasteiger partial charge in [0.15, 0.2) is 11.4 Å². The Balaban J connectivity index is 1.95. The maximum atomic E-state index is 13.4. The lowest BCUT2D eigenvalue weighted by atomic mass is 10.2. The highest BCUT2D eigenvalue weighted by Crippen LogP contribution is 2.23. The number of nitrogens with one attached hydrogen (secondary N) is 1. The largest absolute Gasteiger partial charge is 0.489 e. The zero-order valence-corrected chi connectivity index (χ0v) is 18.3. The van der Waals surface area contributed by atoms with Crippen molar-refractivity contribution in [1.82, 2.24) is 9.55 Å². The lowest BCUT2D eigenvalue weighted by molar-refractivity contribution is 0.0956. The Morgan fingerprint density at radius 3 is 2.59 bits per heavy atom. The molecule has 3 N–H and O–H groups in total. The first-order valence-corrected chi connectivity index (χ1v) is 10.7. The standard InChI is InChI=1S/C23H28N4O5/c1-3-5-13-27-20(24)18(21(28)25-23(27)30)26(12-4-2)22(29)19-16(11-14-31-19)15-32-17-9-7-6-8-10-17/h6-11,14H,3-5,12-13,15,24H2,1-2H3,(H,25,28,30).